The van der Waals surface area contributed by atoms with Crippen molar-refractivity contribution in [1.82, 2.24) is 10.6 Å². The minimum atomic E-state index is 0. The first-order chi connectivity index (χ1) is 9.26. The van der Waals surface area contributed by atoms with E-state index in [0.29, 0.717) is 6.54 Å². The summed E-state index contributed by atoms with van der Waals surface area (Å²) < 4.78 is 5.85. The second kappa shape index (κ2) is 8.14. The zero-order valence-electron chi connectivity index (χ0n) is 12.2. The Balaban J connectivity index is 0.00000200. The summed E-state index contributed by atoms with van der Waals surface area (Å²) in [4.78, 5) is 4.18. The van der Waals surface area contributed by atoms with E-state index in [9.17, 15) is 0 Å². The van der Waals surface area contributed by atoms with Crippen molar-refractivity contribution in [2.24, 2.45) is 4.99 Å². The average Bonchev–Trinajstić information content (AvgIpc) is 2.76. The number of nitrogens with zero attached hydrogens (tertiary/aromatic N) is 1. The van der Waals surface area contributed by atoms with Gasteiger partial charge < -0.3 is 15.1 Å². The number of fused-ring (bicyclic) bond motifs is 1. The fourth-order valence-corrected chi connectivity index (χ4v) is 2.02. The minimum Gasteiger partial charge on any atom is -0.459 e. The molecule has 1 aromatic carbocycles. The smallest absolute Gasteiger partial charge is 0.191 e. The topological polar surface area (TPSA) is 49.6 Å². The molecule has 2 aromatic rings. The molecule has 0 saturated heterocycles. The van der Waals surface area contributed by atoms with Gasteiger partial charge in [-0.15, -0.1) is 24.0 Å². The number of benzene rings is 1. The lowest BCUT2D eigenvalue weighted by molar-refractivity contribution is 0.534. The van der Waals surface area contributed by atoms with E-state index in [0.717, 1.165) is 30.3 Å². The summed E-state index contributed by atoms with van der Waals surface area (Å²) in [5.74, 6) is 1.77. The van der Waals surface area contributed by atoms with Gasteiger partial charge in [0.2, 0.25) is 0 Å². The molecule has 0 aliphatic rings. The largest absolute Gasteiger partial charge is 0.459 e. The summed E-state index contributed by atoms with van der Waals surface area (Å²) in [5.41, 5.74) is 2.13. The molecule has 0 amide bonds. The van der Waals surface area contributed by atoms with Crippen LogP contribution in [0, 0.1) is 6.92 Å². The van der Waals surface area contributed by atoms with E-state index in [-0.39, 0.29) is 24.0 Å². The highest BCUT2D eigenvalue weighted by Gasteiger charge is 2.09. The van der Waals surface area contributed by atoms with E-state index < -0.39 is 0 Å². The molecule has 1 heterocycles. The van der Waals surface area contributed by atoms with Crippen LogP contribution in [-0.2, 0) is 6.54 Å². The molecule has 0 spiro atoms. The van der Waals surface area contributed by atoms with Crippen LogP contribution in [-0.4, -0.2) is 19.6 Å². The summed E-state index contributed by atoms with van der Waals surface area (Å²) in [6, 6.07) is 8.10. The second-order valence-corrected chi connectivity index (χ2v) is 4.50. The molecular formula is C15H22IN3O. The molecule has 0 saturated carbocycles. The van der Waals surface area contributed by atoms with Crippen LogP contribution in [0.1, 0.15) is 24.7 Å². The Kier molecular flexibility index (Phi) is 6.84. The molecule has 0 unspecified atom stereocenters. The standard InChI is InChI=1S/C15H21N3O.HI/c1-4-9-17-15(16-3)18-10-14-11(2)12-7-5-6-8-13(12)19-14;/h5-8H,4,9-10H2,1-3H3,(H2,16,17,18);1H. The first-order valence-electron chi connectivity index (χ1n) is 6.67. The van der Waals surface area contributed by atoms with Gasteiger partial charge in [0.25, 0.3) is 0 Å². The number of nitrogens with one attached hydrogen (secondary N) is 2. The Labute approximate surface area is 137 Å². The number of rotatable bonds is 4. The van der Waals surface area contributed by atoms with Gasteiger partial charge in [0, 0.05) is 24.5 Å². The lowest BCUT2D eigenvalue weighted by Gasteiger charge is -2.10. The van der Waals surface area contributed by atoms with Gasteiger partial charge in [-0.2, -0.15) is 0 Å². The predicted octanol–water partition coefficient (Wildman–Crippen LogP) is 3.43. The first kappa shape index (κ1) is 16.8. The van der Waals surface area contributed by atoms with Crippen LogP contribution < -0.4 is 10.6 Å². The Hall–Kier alpha value is -1.24. The number of hydrogen-bond donors (Lipinski definition) is 2. The number of furan rings is 1. The number of aliphatic imine (C=N–C) groups is 1. The van der Waals surface area contributed by atoms with Gasteiger partial charge in [0.05, 0.1) is 6.54 Å². The van der Waals surface area contributed by atoms with E-state index in [1.807, 2.05) is 18.2 Å². The minimum absolute atomic E-state index is 0. The lowest BCUT2D eigenvalue weighted by Crippen LogP contribution is -2.37. The van der Waals surface area contributed by atoms with Crippen LogP contribution in [0.5, 0.6) is 0 Å². The van der Waals surface area contributed by atoms with Gasteiger partial charge in [-0.05, 0) is 19.4 Å². The Morgan fingerprint density at radius 2 is 2.00 bits per heavy atom. The molecule has 5 heteroatoms. The van der Waals surface area contributed by atoms with E-state index in [4.69, 9.17) is 4.42 Å². The molecular weight excluding hydrogens is 365 g/mol. The van der Waals surface area contributed by atoms with E-state index >= 15 is 0 Å². The van der Waals surface area contributed by atoms with Crippen molar-refractivity contribution in [3.8, 4) is 0 Å². The first-order valence-corrected chi connectivity index (χ1v) is 6.67. The van der Waals surface area contributed by atoms with Crippen LogP contribution in [0.25, 0.3) is 11.0 Å². The van der Waals surface area contributed by atoms with Gasteiger partial charge in [0.1, 0.15) is 11.3 Å². The molecule has 0 radical (unpaired) electrons. The summed E-state index contributed by atoms with van der Waals surface area (Å²) in [7, 11) is 1.77. The Morgan fingerprint density at radius 3 is 2.65 bits per heavy atom. The Bertz CT molecular complexity index is 578. The van der Waals surface area contributed by atoms with E-state index in [1.54, 1.807) is 7.05 Å². The summed E-state index contributed by atoms with van der Waals surface area (Å²) in [5, 5.41) is 7.68. The van der Waals surface area contributed by atoms with Crippen LogP contribution >= 0.6 is 24.0 Å². The molecule has 110 valence electrons. The molecule has 0 aliphatic heterocycles. The van der Waals surface area contributed by atoms with Crippen molar-refractivity contribution in [1.29, 1.82) is 0 Å². The third kappa shape index (κ3) is 3.88. The highest BCUT2D eigenvalue weighted by molar-refractivity contribution is 14.0. The lowest BCUT2D eigenvalue weighted by atomic mass is 10.1. The maximum absolute atomic E-state index is 5.85. The Morgan fingerprint density at radius 1 is 1.25 bits per heavy atom. The third-order valence-electron chi connectivity index (χ3n) is 3.12. The van der Waals surface area contributed by atoms with Crippen molar-refractivity contribution in [2.75, 3.05) is 13.6 Å². The highest BCUT2D eigenvalue weighted by Crippen LogP contribution is 2.24. The fraction of sp³-hybridized carbons (Fsp3) is 0.400. The maximum Gasteiger partial charge on any atom is 0.191 e. The molecule has 20 heavy (non-hydrogen) atoms. The van der Waals surface area contributed by atoms with E-state index in [1.165, 1.54) is 10.9 Å². The van der Waals surface area contributed by atoms with Crippen molar-refractivity contribution in [3.05, 3.63) is 35.6 Å². The summed E-state index contributed by atoms with van der Waals surface area (Å²) in [6.45, 7) is 5.78. The molecule has 1 aromatic heterocycles. The van der Waals surface area contributed by atoms with E-state index in [2.05, 4.69) is 35.5 Å². The summed E-state index contributed by atoms with van der Waals surface area (Å²) in [6.07, 6.45) is 1.07. The number of hydrogen-bond acceptors (Lipinski definition) is 2. The average molecular weight is 387 g/mol. The zero-order valence-corrected chi connectivity index (χ0v) is 14.5. The van der Waals surface area contributed by atoms with Gasteiger partial charge in [-0.3, -0.25) is 4.99 Å². The van der Waals surface area contributed by atoms with Crippen LogP contribution in [0.4, 0.5) is 0 Å². The SMILES string of the molecule is CCCNC(=NC)NCc1oc2ccccc2c1C.I. The number of guanidine groups is 1. The third-order valence-corrected chi connectivity index (χ3v) is 3.12. The molecule has 2 N–H and O–H groups in total. The van der Waals surface area contributed by atoms with Crippen LogP contribution in [0.3, 0.4) is 0 Å². The molecule has 0 atom stereocenters. The quantitative estimate of drug-likeness (QED) is 0.480. The van der Waals surface area contributed by atoms with Crippen LogP contribution in [0.2, 0.25) is 0 Å². The second-order valence-electron chi connectivity index (χ2n) is 4.50. The van der Waals surface area contributed by atoms with Gasteiger partial charge in [0.15, 0.2) is 5.96 Å². The van der Waals surface area contributed by atoms with Crippen molar-refractivity contribution < 1.29 is 4.42 Å². The summed E-state index contributed by atoms with van der Waals surface area (Å²) >= 11 is 0. The van der Waals surface area contributed by atoms with Crippen molar-refractivity contribution in [2.45, 2.75) is 26.8 Å². The molecule has 4 nitrogen and oxygen atoms in total. The number of para-hydroxylation sites is 1. The predicted molar refractivity (Wildman–Crippen MR) is 94.9 cm³/mol. The monoisotopic (exact) mass is 387 g/mol. The molecule has 0 bridgehead atoms. The highest BCUT2D eigenvalue weighted by atomic mass is 127. The normalized spacial score (nSPS) is 11.2. The number of halogens is 1. The van der Waals surface area contributed by atoms with Crippen molar-refractivity contribution in [3.63, 3.8) is 0 Å². The number of aryl methyl sites for hydroxylation is 1. The zero-order chi connectivity index (χ0) is 13.7. The molecule has 0 aliphatic carbocycles. The molecule has 2 rings (SSSR count). The van der Waals surface area contributed by atoms with Crippen molar-refractivity contribution >= 4 is 40.9 Å². The van der Waals surface area contributed by atoms with Crippen LogP contribution in [0.15, 0.2) is 33.7 Å². The fourth-order valence-electron chi connectivity index (χ4n) is 2.02. The van der Waals surface area contributed by atoms with Gasteiger partial charge >= 0.3 is 0 Å². The van der Waals surface area contributed by atoms with Gasteiger partial charge in [-0.25, -0.2) is 0 Å². The van der Waals surface area contributed by atoms with Gasteiger partial charge in [-0.1, -0.05) is 25.1 Å². The maximum atomic E-state index is 5.85. The molecule has 0 fully saturated rings.